The fourth-order valence-corrected chi connectivity index (χ4v) is 2.52. The third-order valence-electron chi connectivity index (χ3n) is 2.75. The van der Waals surface area contributed by atoms with Gasteiger partial charge in [-0.25, -0.2) is 13.2 Å². The number of hydrogen-bond acceptors (Lipinski definition) is 5. The molecule has 0 atom stereocenters. The first-order valence-electron chi connectivity index (χ1n) is 6.55. The van der Waals surface area contributed by atoms with Crippen molar-refractivity contribution in [1.82, 2.24) is 0 Å². The molecule has 0 aliphatic carbocycles. The standard InChI is InChI=1S/C14H19NO6S/c1-21-9-10-6-11(14(17)18)8-12(7-10)15-13(16)4-3-5-22(2,19)20/h6-8H,3-5,9H2,1-2H3,(H,15,16)(H,17,18). The summed E-state index contributed by atoms with van der Waals surface area (Å²) in [5, 5.41) is 11.6. The summed E-state index contributed by atoms with van der Waals surface area (Å²) in [5.74, 6) is -1.54. The lowest BCUT2D eigenvalue weighted by molar-refractivity contribution is -0.116. The van der Waals surface area contributed by atoms with Gasteiger partial charge in [-0.2, -0.15) is 0 Å². The third-order valence-corrected chi connectivity index (χ3v) is 3.78. The Morgan fingerprint density at radius 1 is 1.27 bits per heavy atom. The number of carbonyl (C=O) groups is 2. The van der Waals surface area contributed by atoms with E-state index in [0.717, 1.165) is 6.26 Å². The maximum absolute atomic E-state index is 11.8. The molecule has 0 unspecified atom stereocenters. The number of aromatic carboxylic acids is 1. The van der Waals surface area contributed by atoms with Crippen LogP contribution in [-0.2, 0) is 26.0 Å². The maximum Gasteiger partial charge on any atom is 0.335 e. The maximum atomic E-state index is 11.8. The van der Waals surface area contributed by atoms with Crippen molar-refractivity contribution in [2.45, 2.75) is 19.4 Å². The van der Waals surface area contributed by atoms with Crippen molar-refractivity contribution in [3.05, 3.63) is 29.3 Å². The fraction of sp³-hybridized carbons (Fsp3) is 0.429. The van der Waals surface area contributed by atoms with Crippen LogP contribution < -0.4 is 5.32 Å². The van der Waals surface area contributed by atoms with E-state index >= 15 is 0 Å². The molecule has 0 bridgehead atoms. The predicted octanol–water partition coefficient (Wildman–Crippen LogP) is 1.29. The minimum atomic E-state index is -3.10. The molecule has 0 radical (unpaired) electrons. The summed E-state index contributed by atoms with van der Waals surface area (Å²) >= 11 is 0. The van der Waals surface area contributed by atoms with Crippen molar-refractivity contribution >= 4 is 27.4 Å². The van der Waals surface area contributed by atoms with E-state index in [9.17, 15) is 18.0 Å². The first-order chi connectivity index (χ1) is 10.2. The van der Waals surface area contributed by atoms with Gasteiger partial charge in [-0.1, -0.05) is 0 Å². The number of carboxylic acid groups (broad SMARTS) is 1. The Morgan fingerprint density at radius 3 is 2.50 bits per heavy atom. The van der Waals surface area contributed by atoms with Crippen LogP contribution >= 0.6 is 0 Å². The normalized spacial score (nSPS) is 11.2. The second-order valence-electron chi connectivity index (χ2n) is 4.94. The molecule has 0 aromatic heterocycles. The topological polar surface area (TPSA) is 110 Å². The zero-order valence-electron chi connectivity index (χ0n) is 12.5. The summed E-state index contributed by atoms with van der Waals surface area (Å²) < 4.78 is 26.9. The molecule has 8 heteroatoms. The number of hydrogen-bond donors (Lipinski definition) is 2. The Bertz CT molecular complexity index is 653. The number of amides is 1. The highest BCUT2D eigenvalue weighted by Crippen LogP contribution is 2.16. The van der Waals surface area contributed by atoms with Gasteiger partial charge in [0.15, 0.2) is 0 Å². The Balaban J connectivity index is 2.74. The number of carboxylic acids is 1. The molecule has 1 amide bonds. The molecule has 0 fully saturated rings. The lowest BCUT2D eigenvalue weighted by atomic mass is 10.1. The van der Waals surface area contributed by atoms with Crippen molar-refractivity contribution in [2.24, 2.45) is 0 Å². The number of ether oxygens (including phenoxy) is 1. The van der Waals surface area contributed by atoms with E-state index in [-0.39, 0.29) is 36.7 Å². The van der Waals surface area contributed by atoms with E-state index in [1.54, 1.807) is 6.07 Å². The van der Waals surface area contributed by atoms with Gasteiger partial charge in [0.2, 0.25) is 5.91 Å². The second kappa shape index (κ2) is 7.90. The van der Waals surface area contributed by atoms with Crippen LogP contribution in [0, 0.1) is 0 Å². The largest absolute Gasteiger partial charge is 0.478 e. The van der Waals surface area contributed by atoms with Crippen LogP contribution in [0.15, 0.2) is 18.2 Å². The summed E-state index contributed by atoms with van der Waals surface area (Å²) in [6.45, 7) is 0.220. The van der Waals surface area contributed by atoms with Crippen molar-refractivity contribution in [3.8, 4) is 0 Å². The number of sulfone groups is 1. The van der Waals surface area contributed by atoms with Gasteiger partial charge in [0.05, 0.1) is 17.9 Å². The quantitative estimate of drug-likeness (QED) is 0.744. The molecule has 1 rings (SSSR count). The highest BCUT2D eigenvalue weighted by Gasteiger charge is 2.10. The van der Waals surface area contributed by atoms with Gasteiger partial charge in [-0.15, -0.1) is 0 Å². The zero-order chi connectivity index (χ0) is 16.8. The van der Waals surface area contributed by atoms with Crippen LogP contribution in [0.1, 0.15) is 28.8 Å². The lowest BCUT2D eigenvalue weighted by Crippen LogP contribution is -2.14. The van der Waals surface area contributed by atoms with Crippen LogP contribution in [0.4, 0.5) is 5.69 Å². The minimum Gasteiger partial charge on any atom is -0.478 e. The monoisotopic (exact) mass is 329 g/mol. The van der Waals surface area contributed by atoms with E-state index in [4.69, 9.17) is 9.84 Å². The van der Waals surface area contributed by atoms with E-state index in [0.29, 0.717) is 11.3 Å². The smallest absolute Gasteiger partial charge is 0.335 e. The van der Waals surface area contributed by atoms with E-state index in [2.05, 4.69) is 5.32 Å². The van der Waals surface area contributed by atoms with Crippen molar-refractivity contribution in [3.63, 3.8) is 0 Å². The minimum absolute atomic E-state index is 0.0426. The van der Waals surface area contributed by atoms with Crippen LogP contribution in [0.25, 0.3) is 0 Å². The SMILES string of the molecule is COCc1cc(NC(=O)CCCS(C)(=O)=O)cc(C(=O)O)c1. The van der Waals surface area contributed by atoms with Crippen molar-refractivity contribution in [2.75, 3.05) is 24.4 Å². The van der Waals surface area contributed by atoms with Crippen LogP contribution in [0.3, 0.4) is 0 Å². The summed E-state index contributed by atoms with van der Waals surface area (Å²) in [6, 6.07) is 4.42. The Morgan fingerprint density at radius 2 is 1.95 bits per heavy atom. The van der Waals surface area contributed by atoms with Crippen LogP contribution in [0.2, 0.25) is 0 Å². The first kappa shape index (κ1) is 18.1. The average Bonchev–Trinajstić information content (AvgIpc) is 2.37. The highest BCUT2D eigenvalue weighted by atomic mass is 32.2. The summed E-state index contributed by atoms with van der Waals surface area (Å²) in [5.41, 5.74) is 1.01. The molecule has 1 aromatic carbocycles. The summed E-state index contributed by atoms with van der Waals surface area (Å²) in [6.07, 6.45) is 1.37. The number of rotatable bonds is 8. The van der Waals surface area contributed by atoms with Crippen molar-refractivity contribution < 1.29 is 27.9 Å². The van der Waals surface area contributed by atoms with Gasteiger partial charge in [-0.05, 0) is 30.2 Å². The molecular formula is C14H19NO6S. The summed E-state index contributed by atoms with van der Waals surface area (Å²) in [4.78, 5) is 22.8. The second-order valence-corrected chi connectivity index (χ2v) is 7.20. The Kier molecular flexibility index (Phi) is 6.51. The molecule has 0 saturated heterocycles. The van der Waals surface area contributed by atoms with Gasteiger partial charge in [-0.3, -0.25) is 4.79 Å². The third kappa shape index (κ3) is 6.68. The van der Waals surface area contributed by atoms with Gasteiger partial charge in [0.1, 0.15) is 9.84 Å². The van der Waals surface area contributed by atoms with Gasteiger partial charge in [0, 0.05) is 25.5 Å². The molecule has 0 saturated carbocycles. The highest BCUT2D eigenvalue weighted by molar-refractivity contribution is 7.90. The number of anilines is 1. The van der Waals surface area contributed by atoms with Gasteiger partial charge in [0.25, 0.3) is 0 Å². The predicted molar refractivity (Wildman–Crippen MR) is 81.7 cm³/mol. The van der Waals surface area contributed by atoms with Crippen LogP contribution in [-0.4, -0.2) is 44.5 Å². The molecule has 22 heavy (non-hydrogen) atoms. The number of nitrogens with one attached hydrogen (secondary N) is 1. The zero-order valence-corrected chi connectivity index (χ0v) is 13.3. The van der Waals surface area contributed by atoms with E-state index < -0.39 is 15.8 Å². The Hall–Kier alpha value is -1.93. The molecule has 0 aliphatic heterocycles. The Labute approximate surface area is 129 Å². The van der Waals surface area contributed by atoms with Gasteiger partial charge >= 0.3 is 5.97 Å². The molecule has 0 aliphatic rings. The number of carbonyl (C=O) groups excluding carboxylic acids is 1. The summed E-state index contributed by atoms with van der Waals surface area (Å²) in [7, 11) is -1.62. The molecule has 2 N–H and O–H groups in total. The van der Waals surface area contributed by atoms with E-state index in [1.807, 2.05) is 0 Å². The van der Waals surface area contributed by atoms with Crippen LogP contribution in [0.5, 0.6) is 0 Å². The average molecular weight is 329 g/mol. The fourth-order valence-electron chi connectivity index (χ4n) is 1.86. The molecule has 1 aromatic rings. The number of methoxy groups -OCH3 is 1. The molecular weight excluding hydrogens is 310 g/mol. The molecule has 0 spiro atoms. The van der Waals surface area contributed by atoms with E-state index in [1.165, 1.54) is 19.2 Å². The molecule has 7 nitrogen and oxygen atoms in total. The van der Waals surface area contributed by atoms with Crippen molar-refractivity contribution in [1.29, 1.82) is 0 Å². The molecule has 122 valence electrons. The molecule has 0 heterocycles. The first-order valence-corrected chi connectivity index (χ1v) is 8.61. The lowest BCUT2D eigenvalue weighted by Gasteiger charge is -2.09. The number of benzene rings is 1. The van der Waals surface area contributed by atoms with Gasteiger partial charge < -0.3 is 15.2 Å².